The van der Waals surface area contributed by atoms with Crippen LogP contribution >= 0.6 is 63.0 Å². The second-order valence-corrected chi connectivity index (χ2v) is 35.2. The minimum atomic E-state index is -0.140. The van der Waals surface area contributed by atoms with Crippen LogP contribution in [0.3, 0.4) is 0 Å². The average Bonchev–Trinajstić information content (AvgIpc) is 1.23. The summed E-state index contributed by atoms with van der Waals surface area (Å²) in [6.45, 7) is 30.6. The van der Waals surface area contributed by atoms with Crippen LogP contribution in [0.4, 0.5) is 13.2 Å². The predicted molar refractivity (Wildman–Crippen MR) is 436 cm³/mol. The van der Waals surface area contributed by atoms with Gasteiger partial charge in [-0.2, -0.15) is 0 Å². The lowest BCUT2D eigenvalue weighted by Gasteiger charge is -2.32. The van der Waals surface area contributed by atoms with Gasteiger partial charge in [0.2, 0.25) is 0 Å². The first-order chi connectivity index (χ1) is 50.1. The van der Waals surface area contributed by atoms with Gasteiger partial charge in [-0.05, 0) is 218 Å². The van der Waals surface area contributed by atoms with Gasteiger partial charge >= 0.3 is 0 Å². The zero-order valence-electron chi connectivity index (χ0n) is 62.7. The van der Waals surface area contributed by atoms with Gasteiger partial charge in [-0.1, -0.05) is 213 Å². The SMILES string of the molecule is CC1(C)CCOc2ccccc21.CC1(C)COCc2ccccc21.CC1CCOc2ccc(Br)cc21.CC1CCSc2cc(F)ccc21.CC1CCSc2ccc(F)cc21.CC1CCSc2ccccc21.CC1COCc2c(F)cccc21.CC1COCc2ccccc21.CC1CSc2ccccc21. The first-order valence-corrected chi connectivity index (χ1v) is 42.0. The molecule has 552 valence electrons. The van der Waals surface area contributed by atoms with Crippen molar-refractivity contribution in [1.82, 2.24) is 0 Å². The largest absolute Gasteiger partial charge is 0.493 e. The van der Waals surface area contributed by atoms with Crippen molar-refractivity contribution in [2.24, 2.45) is 0 Å². The lowest BCUT2D eigenvalue weighted by atomic mass is 9.80. The maximum absolute atomic E-state index is 13.2. The maximum Gasteiger partial charge on any atom is 0.129 e. The molecule has 104 heavy (non-hydrogen) atoms. The van der Waals surface area contributed by atoms with E-state index in [0.29, 0.717) is 42.8 Å². The number of benzene rings is 9. The third-order valence-electron chi connectivity index (χ3n) is 20.7. The van der Waals surface area contributed by atoms with Crippen molar-refractivity contribution in [3.63, 3.8) is 0 Å². The van der Waals surface area contributed by atoms with E-state index in [2.05, 4.69) is 213 Å². The molecule has 0 saturated heterocycles. The summed E-state index contributed by atoms with van der Waals surface area (Å²) in [6, 6.07) is 64.5. The van der Waals surface area contributed by atoms with E-state index in [9.17, 15) is 13.2 Å². The first kappa shape index (κ1) is 80.7. The highest BCUT2D eigenvalue weighted by atomic mass is 79.9. The Morgan fingerprint density at radius 3 is 1.56 bits per heavy atom. The van der Waals surface area contributed by atoms with Crippen molar-refractivity contribution in [3.05, 3.63) is 283 Å². The summed E-state index contributed by atoms with van der Waals surface area (Å²) >= 11 is 11.0. The Morgan fingerprint density at radius 2 is 0.894 bits per heavy atom. The maximum atomic E-state index is 13.2. The molecule has 0 amide bonds. The third-order valence-corrected chi connectivity index (χ3v) is 25.9. The number of thioether (sulfide) groups is 4. The molecule has 7 atom stereocenters. The molecule has 0 radical (unpaired) electrons. The Labute approximate surface area is 645 Å². The molecule has 5 nitrogen and oxygen atoms in total. The fraction of sp³-hybridized carbons (Fsp3) is 0.407. The van der Waals surface area contributed by atoms with Crippen LogP contribution in [0.5, 0.6) is 11.5 Å². The smallest absolute Gasteiger partial charge is 0.129 e. The molecule has 9 aromatic carbocycles. The Morgan fingerprint density at radius 1 is 0.375 bits per heavy atom. The van der Waals surface area contributed by atoms with Crippen LogP contribution in [0.1, 0.15) is 216 Å². The van der Waals surface area contributed by atoms with Gasteiger partial charge < -0.3 is 23.7 Å². The van der Waals surface area contributed by atoms with E-state index in [4.69, 9.17) is 23.7 Å². The van der Waals surface area contributed by atoms with Gasteiger partial charge in [0.25, 0.3) is 0 Å². The Kier molecular flexibility index (Phi) is 30.5. The molecule has 0 aliphatic carbocycles. The van der Waals surface area contributed by atoms with Crippen LogP contribution in [0, 0.1) is 17.5 Å². The fourth-order valence-electron chi connectivity index (χ4n) is 14.2. The number of hydrogen-bond donors (Lipinski definition) is 0. The van der Waals surface area contributed by atoms with Gasteiger partial charge in [-0.15, -0.1) is 47.0 Å². The molecule has 9 aromatic rings. The van der Waals surface area contributed by atoms with Crippen molar-refractivity contribution in [2.75, 3.05) is 56.0 Å². The lowest BCUT2D eigenvalue weighted by Crippen LogP contribution is -2.30. The molecule has 7 unspecified atom stereocenters. The molecule has 13 heteroatoms. The van der Waals surface area contributed by atoms with Crippen LogP contribution in [0.25, 0.3) is 0 Å². The van der Waals surface area contributed by atoms with E-state index in [-0.39, 0.29) is 28.3 Å². The van der Waals surface area contributed by atoms with Crippen LogP contribution in [-0.2, 0) is 44.9 Å². The highest BCUT2D eigenvalue weighted by Gasteiger charge is 2.30. The van der Waals surface area contributed by atoms with Crippen molar-refractivity contribution in [2.45, 2.75) is 200 Å². The molecular weight excluding hydrogens is 1440 g/mol. The molecule has 18 rings (SSSR count). The van der Waals surface area contributed by atoms with Crippen LogP contribution in [0.15, 0.2) is 218 Å². The summed E-state index contributed by atoms with van der Waals surface area (Å²) in [4.78, 5) is 5.37. The summed E-state index contributed by atoms with van der Waals surface area (Å²) in [7, 11) is 0. The number of ether oxygens (including phenoxy) is 5. The highest BCUT2D eigenvalue weighted by Crippen LogP contribution is 2.43. The molecule has 9 aliphatic heterocycles. The molecule has 0 bridgehead atoms. The Hall–Kier alpha value is -5.87. The minimum Gasteiger partial charge on any atom is -0.493 e. The van der Waals surface area contributed by atoms with Crippen molar-refractivity contribution in [1.29, 1.82) is 0 Å². The van der Waals surface area contributed by atoms with Crippen LogP contribution in [0.2, 0.25) is 0 Å². The lowest BCUT2D eigenvalue weighted by molar-refractivity contribution is 0.0642. The predicted octanol–water partition coefficient (Wildman–Crippen LogP) is 26.4. The number of rotatable bonds is 0. The van der Waals surface area contributed by atoms with Gasteiger partial charge in [0.1, 0.15) is 29.0 Å². The first-order valence-electron chi connectivity index (χ1n) is 37.2. The normalized spacial score (nSPS) is 21.7. The van der Waals surface area contributed by atoms with E-state index >= 15 is 0 Å². The summed E-state index contributed by atoms with van der Waals surface area (Å²) in [5.41, 5.74) is 16.2. The quantitative estimate of drug-likeness (QED) is 0.148. The molecule has 0 spiro atoms. The van der Waals surface area contributed by atoms with Gasteiger partial charge in [0, 0.05) is 52.6 Å². The van der Waals surface area contributed by atoms with E-state index in [1.54, 1.807) is 47.7 Å². The topological polar surface area (TPSA) is 46.2 Å². The van der Waals surface area contributed by atoms with Gasteiger partial charge in [0.05, 0.1) is 52.9 Å². The standard InChI is InChI=1S/2C11H14O.C10H11BrO.C10H11FO.2C10H11FS.C10H12O.C10H12S.C9H10S/c1-11(2)8-12-7-9-5-3-4-6-10(9)11;1-11(2)7-8-12-10-6-4-3-5-9(10)11;1-7-4-5-12-10-3-2-8(11)6-9(7)10;1-7-5-12-6-9-8(7)3-2-4-10(9)11;1-7-4-5-12-10-3-2-8(11)6-9(7)10;1-7-4-5-12-10-6-8(11)2-3-9(7)10;1-8-6-11-7-9-4-2-3-5-10(8)9;1-8-6-7-11-10-5-3-2-4-9(8)10;1-7-6-10-9-5-3-2-4-8(7)9/h2*3-6H,7-8H2,1-2H3;2-3,6-7H,4-5H2,1H3;2-4,7H,5-6H2,1H3;2*2-3,6-7H,4-5H2,1H3;2*2-5,8H,6-7H2,1H3;2-5,7H,6H2,1H3. The molecule has 0 fully saturated rings. The fourth-order valence-corrected chi connectivity index (χ4v) is 19.7. The molecule has 0 aromatic heterocycles. The Balaban J connectivity index is 0.000000126. The number of fused-ring (bicyclic) bond motifs is 9. The summed E-state index contributed by atoms with van der Waals surface area (Å²) < 4.78 is 67.2. The third kappa shape index (κ3) is 22.4. The average molecular weight is 1550 g/mol. The van der Waals surface area contributed by atoms with Crippen LogP contribution < -0.4 is 9.47 Å². The van der Waals surface area contributed by atoms with Crippen molar-refractivity contribution in [3.8, 4) is 11.5 Å². The second kappa shape index (κ2) is 39.3. The van der Waals surface area contributed by atoms with E-state index in [1.807, 2.05) is 71.7 Å². The molecule has 0 N–H and O–H groups in total. The Bertz CT molecular complexity index is 4030. The van der Waals surface area contributed by atoms with Crippen molar-refractivity contribution >= 4 is 63.0 Å². The zero-order valence-corrected chi connectivity index (χ0v) is 67.6. The number of hydrogen-bond acceptors (Lipinski definition) is 9. The highest BCUT2D eigenvalue weighted by molar-refractivity contribution is 9.10. The molecule has 9 heterocycles. The van der Waals surface area contributed by atoms with Gasteiger partial charge in [-0.25, -0.2) is 13.2 Å². The zero-order chi connectivity index (χ0) is 73.8. The number of para-hydroxylation sites is 1. The minimum absolute atomic E-state index is 0.108. The monoisotopic (exact) mass is 1540 g/mol. The van der Waals surface area contributed by atoms with Gasteiger partial charge in [-0.3, -0.25) is 0 Å². The van der Waals surface area contributed by atoms with E-state index < -0.39 is 0 Å². The summed E-state index contributed by atoms with van der Waals surface area (Å²) in [5, 5.41) is 0. The molecule has 9 aliphatic rings. The second-order valence-electron chi connectivity index (χ2n) is 29.8. The molecular formula is C91H106BrF3O5S4. The summed E-state index contributed by atoms with van der Waals surface area (Å²) in [5.74, 6) is 10.8. The van der Waals surface area contributed by atoms with Crippen LogP contribution in [-0.4, -0.2) is 56.0 Å². The van der Waals surface area contributed by atoms with Gasteiger partial charge in [0.15, 0.2) is 0 Å². The van der Waals surface area contributed by atoms with E-state index in [1.165, 1.54) is 107 Å². The van der Waals surface area contributed by atoms with Crippen molar-refractivity contribution < 1.29 is 36.9 Å². The molecule has 0 saturated carbocycles. The number of halogens is 4. The van der Waals surface area contributed by atoms with E-state index in [0.717, 1.165) is 102 Å². The summed E-state index contributed by atoms with van der Waals surface area (Å²) in [6.07, 6.45) is 5.96.